The summed E-state index contributed by atoms with van der Waals surface area (Å²) in [6.07, 6.45) is 2.54. The van der Waals surface area contributed by atoms with Crippen molar-refractivity contribution in [3.63, 3.8) is 0 Å². The first-order valence-electron chi connectivity index (χ1n) is 12.8. The lowest BCUT2D eigenvalue weighted by molar-refractivity contribution is -0.139. The van der Waals surface area contributed by atoms with Crippen molar-refractivity contribution in [3.8, 4) is 11.1 Å². The number of aliphatic carboxylic acids is 1. The van der Waals surface area contributed by atoms with Gasteiger partial charge in [0, 0.05) is 30.2 Å². The Bertz CT molecular complexity index is 1490. The number of aryl methyl sites for hydroxylation is 1. The van der Waals surface area contributed by atoms with Crippen molar-refractivity contribution in [2.75, 3.05) is 10.6 Å². The van der Waals surface area contributed by atoms with Gasteiger partial charge in [-0.2, -0.15) is 5.10 Å². The van der Waals surface area contributed by atoms with Crippen molar-refractivity contribution < 1.29 is 32.9 Å². The minimum absolute atomic E-state index is 0.162. The third-order valence-electron chi connectivity index (χ3n) is 6.30. The highest BCUT2D eigenvalue weighted by Crippen LogP contribution is 2.40. The largest absolute Gasteiger partial charge is 0.481 e. The normalized spacial score (nSPS) is 13.6. The number of pyridine rings is 1. The molecule has 12 heteroatoms. The van der Waals surface area contributed by atoms with Gasteiger partial charge in [0.15, 0.2) is 5.82 Å². The van der Waals surface area contributed by atoms with Gasteiger partial charge < -0.3 is 15.3 Å². The van der Waals surface area contributed by atoms with Crippen LogP contribution in [0.15, 0.2) is 42.6 Å². The van der Waals surface area contributed by atoms with Crippen molar-refractivity contribution in [2.45, 2.75) is 65.2 Å². The predicted octanol–water partition coefficient (Wildman–Crippen LogP) is 4.23. The molecule has 1 aromatic carbocycles. The van der Waals surface area contributed by atoms with Crippen molar-refractivity contribution >= 4 is 33.7 Å². The summed E-state index contributed by atoms with van der Waals surface area (Å²) in [6, 6.07) is 7.35. The van der Waals surface area contributed by atoms with Crippen LogP contribution in [0.1, 0.15) is 56.4 Å². The summed E-state index contributed by atoms with van der Waals surface area (Å²) >= 11 is 0. The zero-order chi connectivity index (χ0) is 29.8. The molecule has 2 aromatic heterocycles. The van der Waals surface area contributed by atoms with E-state index in [2.05, 4.69) is 5.10 Å². The van der Waals surface area contributed by atoms with E-state index in [0.717, 1.165) is 10.6 Å². The SMILES string of the molecule is CCn1nccc1N(c1nc(C(C)C)c(/C=C/[C@@H](O)C[C@@H](O)CC(=O)O)c(-c2ccc(F)cc2)c1C)S(C)(=O)=O. The lowest BCUT2D eigenvalue weighted by Gasteiger charge is -2.27. The first-order valence-corrected chi connectivity index (χ1v) is 14.7. The number of rotatable bonds is 12. The van der Waals surface area contributed by atoms with E-state index in [1.165, 1.54) is 24.4 Å². The molecule has 0 bridgehead atoms. The van der Waals surface area contributed by atoms with Crippen LogP contribution in [-0.4, -0.2) is 62.9 Å². The van der Waals surface area contributed by atoms with Gasteiger partial charge >= 0.3 is 5.97 Å². The molecule has 0 saturated heterocycles. The number of anilines is 2. The summed E-state index contributed by atoms with van der Waals surface area (Å²) < 4.78 is 42.9. The Morgan fingerprint density at radius 2 is 1.82 bits per heavy atom. The number of halogens is 1. The lowest BCUT2D eigenvalue weighted by atomic mass is 9.90. The van der Waals surface area contributed by atoms with Gasteiger partial charge in [0.2, 0.25) is 10.0 Å². The summed E-state index contributed by atoms with van der Waals surface area (Å²) in [7, 11) is -3.89. The second kappa shape index (κ2) is 12.7. The van der Waals surface area contributed by atoms with E-state index in [1.54, 1.807) is 35.9 Å². The Labute approximate surface area is 233 Å². The highest BCUT2D eigenvalue weighted by atomic mass is 32.2. The Morgan fingerprint density at radius 3 is 2.38 bits per heavy atom. The lowest BCUT2D eigenvalue weighted by Crippen LogP contribution is -2.29. The number of aromatic nitrogens is 3. The second-order valence-electron chi connectivity index (χ2n) is 9.84. The summed E-state index contributed by atoms with van der Waals surface area (Å²) in [6.45, 7) is 7.76. The first kappa shape index (κ1) is 30.9. The van der Waals surface area contributed by atoms with E-state index >= 15 is 0 Å². The highest BCUT2D eigenvalue weighted by molar-refractivity contribution is 7.92. The number of nitrogens with zero attached hydrogens (tertiary/aromatic N) is 4. The Morgan fingerprint density at radius 1 is 1.18 bits per heavy atom. The molecule has 3 rings (SSSR count). The molecule has 0 saturated carbocycles. The van der Waals surface area contributed by atoms with Crippen LogP contribution in [0, 0.1) is 12.7 Å². The number of hydrogen-bond acceptors (Lipinski definition) is 7. The molecular formula is C28H35FN4O6S. The maximum absolute atomic E-state index is 13.9. The average molecular weight is 575 g/mol. The average Bonchev–Trinajstić information content (AvgIpc) is 3.31. The van der Waals surface area contributed by atoms with E-state index in [9.17, 15) is 27.8 Å². The van der Waals surface area contributed by atoms with Crippen molar-refractivity contribution in [2.24, 2.45) is 0 Å². The fourth-order valence-corrected chi connectivity index (χ4v) is 5.51. The molecule has 0 aliphatic rings. The second-order valence-corrected chi connectivity index (χ2v) is 11.7. The molecule has 0 fully saturated rings. The summed E-state index contributed by atoms with van der Waals surface area (Å²) in [5.41, 5.74) is 2.77. The highest BCUT2D eigenvalue weighted by Gasteiger charge is 2.30. The topological polar surface area (TPSA) is 146 Å². The van der Waals surface area contributed by atoms with Crippen LogP contribution >= 0.6 is 0 Å². The van der Waals surface area contributed by atoms with Crippen LogP contribution in [0.2, 0.25) is 0 Å². The number of carboxylic acids is 1. The van der Waals surface area contributed by atoms with Gasteiger partial charge in [0.25, 0.3) is 0 Å². The van der Waals surface area contributed by atoms with Gasteiger partial charge in [-0.1, -0.05) is 38.1 Å². The van der Waals surface area contributed by atoms with Crippen LogP contribution in [0.3, 0.4) is 0 Å². The molecule has 0 spiro atoms. The van der Waals surface area contributed by atoms with Crippen molar-refractivity contribution in [3.05, 3.63) is 65.2 Å². The molecule has 0 aliphatic heterocycles. The number of carbonyl (C=O) groups is 1. The van der Waals surface area contributed by atoms with Crippen LogP contribution in [0.25, 0.3) is 17.2 Å². The molecule has 3 aromatic rings. The zero-order valence-electron chi connectivity index (χ0n) is 23.1. The van der Waals surface area contributed by atoms with Crippen LogP contribution < -0.4 is 4.31 Å². The van der Waals surface area contributed by atoms with Gasteiger partial charge in [0.1, 0.15) is 11.6 Å². The summed E-state index contributed by atoms with van der Waals surface area (Å²) in [4.78, 5) is 15.7. The fraction of sp³-hybridized carbons (Fsp3) is 0.393. The molecule has 3 N–H and O–H groups in total. The summed E-state index contributed by atoms with van der Waals surface area (Å²) in [5, 5.41) is 33.6. The van der Waals surface area contributed by atoms with Gasteiger partial charge in [-0.3, -0.25) is 4.79 Å². The molecular weight excluding hydrogens is 539 g/mol. The van der Waals surface area contributed by atoms with Gasteiger partial charge in [-0.25, -0.2) is 26.8 Å². The minimum atomic E-state index is -3.89. The Hall–Kier alpha value is -3.61. The maximum Gasteiger partial charge on any atom is 0.305 e. The molecule has 0 amide bonds. The van der Waals surface area contributed by atoms with E-state index in [1.807, 2.05) is 20.8 Å². The number of benzene rings is 1. The standard InChI is InChI=1S/C28H35FN4O6S/c1-6-32-24(13-14-30-32)33(40(5,38)39)28-18(4)26(19-7-9-20(29)10-8-19)23(27(31-28)17(2)3)12-11-21(34)15-22(35)16-25(36)37/h7-14,17,21-22,34-35H,6,15-16H2,1-5H3,(H,36,37)/b12-11+/t21-,22-/m1/s1. The molecule has 2 atom stereocenters. The van der Waals surface area contributed by atoms with E-state index < -0.39 is 40.4 Å². The van der Waals surface area contributed by atoms with E-state index in [4.69, 9.17) is 10.1 Å². The molecule has 216 valence electrons. The number of carboxylic acid groups (broad SMARTS) is 1. The Kier molecular flexibility index (Phi) is 9.82. The smallest absolute Gasteiger partial charge is 0.305 e. The van der Waals surface area contributed by atoms with E-state index in [0.29, 0.717) is 40.3 Å². The number of aliphatic hydroxyl groups is 2. The van der Waals surface area contributed by atoms with Gasteiger partial charge in [-0.05, 0) is 43.0 Å². The van der Waals surface area contributed by atoms with Crippen molar-refractivity contribution in [1.82, 2.24) is 14.8 Å². The molecule has 2 heterocycles. The van der Waals surface area contributed by atoms with Crippen molar-refractivity contribution in [1.29, 1.82) is 0 Å². The quantitative estimate of drug-likeness (QED) is 0.291. The molecule has 10 nitrogen and oxygen atoms in total. The molecule has 0 unspecified atom stereocenters. The van der Waals surface area contributed by atoms with Crippen LogP contribution in [0.5, 0.6) is 0 Å². The third kappa shape index (κ3) is 7.12. The predicted molar refractivity (Wildman–Crippen MR) is 151 cm³/mol. The Balaban J connectivity index is 2.30. The van der Waals surface area contributed by atoms with Gasteiger partial charge in [-0.15, -0.1) is 0 Å². The maximum atomic E-state index is 13.9. The zero-order valence-corrected chi connectivity index (χ0v) is 23.9. The number of sulfonamides is 1. The summed E-state index contributed by atoms with van der Waals surface area (Å²) in [5.74, 6) is -1.35. The first-order chi connectivity index (χ1) is 18.7. The monoisotopic (exact) mass is 574 g/mol. The molecule has 0 aliphatic carbocycles. The van der Waals surface area contributed by atoms with Crippen LogP contribution in [0.4, 0.5) is 16.0 Å². The number of hydrogen-bond donors (Lipinski definition) is 3. The molecule has 40 heavy (non-hydrogen) atoms. The van der Waals surface area contributed by atoms with E-state index in [-0.39, 0.29) is 18.2 Å². The number of aliphatic hydroxyl groups excluding tert-OH is 2. The third-order valence-corrected chi connectivity index (χ3v) is 7.32. The fourth-order valence-electron chi connectivity index (χ4n) is 4.52. The minimum Gasteiger partial charge on any atom is -0.481 e. The molecule has 0 radical (unpaired) electrons. The van der Waals surface area contributed by atoms with Gasteiger partial charge in [0.05, 0.1) is 36.8 Å². The van der Waals surface area contributed by atoms with Crippen LogP contribution in [-0.2, 0) is 21.4 Å².